The Bertz CT molecular complexity index is 386. The molecule has 0 fully saturated rings. The van der Waals surface area contributed by atoms with Crippen LogP contribution in [0, 0.1) is 12.8 Å². The van der Waals surface area contributed by atoms with Crippen molar-refractivity contribution in [2.75, 3.05) is 6.61 Å². The standard InChI is InChI=1S/C13H19NO3/c1-4-10(5-2)8-17-11-7-6-9(3)12(14-11)13(15)16/h6-7,10H,4-5,8H2,1-3H3,(H,15,16). The minimum Gasteiger partial charge on any atom is -0.477 e. The average molecular weight is 237 g/mol. The van der Waals surface area contributed by atoms with Crippen molar-refractivity contribution in [2.45, 2.75) is 33.6 Å². The molecule has 4 nitrogen and oxygen atoms in total. The summed E-state index contributed by atoms with van der Waals surface area (Å²) in [6.07, 6.45) is 2.10. The van der Waals surface area contributed by atoms with Gasteiger partial charge in [0.2, 0.25) is 5.88 Å². The van der Waals surface area contributed by atoms with Crippen molar-refractivity contribution in [1.29, 1.82) is 0 Å². The third-order valence-electron chi connectivity index (χ3n) is 2.90. The number of carboxylic acids is 1. The number of hydrogen-bond donors (Lipinski definition) is 1. The molecule has 0 spiro atoms. The van der Waals surface area contributed by atoms with E-state index < -0.39 is 5.97 Å². The highest BCUT2D eigenvalue weighted by Crippen LogP contribution is 2.15. The van der Waals surface area contributed by atoms with E-state index in [1.807, 2.05) is 0 Å². The number of nitrogens with zero attached hydrogens (tertiary/aromatic N) is 1. The lowest BCUT2D eigenvalue weighted by atomic mass is 10.1. The van der Waals surface area contributed by atoms with E-state index in [1.54, 1.807) is 19.1 Å². The molecule has 0 aliphatic heterocycles. The van der Waals surface area contributed by atoms with Crippen LogP contribution in [0.5, 0.6) is 5.88 Å². The second-order valence-electron chi connectivity index (χ2n) is 4.11. The second kappa shape index (κ2) is 6.23. The first kappa shape index (κ1) is 13.5. The molecule has 0 amide bonds. The smallest absolute Gasteiger partial charge is 0.354 e. The van der Waals surface area contributed by atoms with Gasteiger partial charge in [0.25, 0.3) is 0 Å². The molecule has 0 bridgehead atoms. The van der Waals surface area contributed by atoms with Gasteiger partial charge < -0.3 is 9.84 Å². The summed E-state index contributed by atoms with van der Waals surface area (Å²) in [5, 5.41) is 8.94. The number of ether oxygens (including phenoxy) is 1. The molecule has 4 heteroatoms. The van der Waals surface area contributed by atoms with Crippen LogP contribution in [0.15, 0.2) is 12.1 Å². The van der Waals surface area contributed by atoms with Crippen molar-refractivity contribution in [3.05, 3.63) is 23.4 Å². The van der Waals surface area contributed by atoms with Crippen molar-refractivity contribution in [1.82, 2.24) is 4.98 Å². The van der Waals surface area contributed by atoms with E-state index in [9.17, 15) is 4.79 Å². The van der Waals surface area contributed by atoms with Gasteiger partial charge in [-0.15, -0.1) is 0 Å². The first-order valence-electron chi connectivity index (χ1n) is 5.92. The van der Waals surface area contributed by atoms with Crippen LogP contribution in [0.2, 0.25) is 0 Å². The fraction of sp³-hybridized carbons (Fsp3) is 0.538. The molecule has 1 heterocycles. The first-order chi connectivity index (χ1) is 8.08. The lowest BCUT2D eigenvalue weighted by molar-refractivity contribution is 0.0688. The summed E-state index contributed by atoms with van der Waals surface area (Å²) in [5.74, 6) is -0.137. The summed E-state index contributed by atoms with van der Waals surface area (Å²) in [6.45, 7) is 6.54. The van der Waals surface area contributed by atoms with E-state index in [-0.39, 0.29) is 5.69 Å². The SMILES string of the molecule is CCC(CC)COc1ccc(C)c(C(=O)O)n1. The average Bonchev–Trinajstić information content (AvgIpc) is 2.32. The van der Waals surface area contributed by atoms with Gasteiger partial charge in [0.15, 0.2) is 5.69 Å². The van der Waals surface area contributed by atoms with Crippen molar-refractivity contribution in [3.63, 3.8) is 0 Å². The van der Waals surface area contributed by atoms with Gasteiger partial charge in [-0.25, -0.2) is 9.78 Å². The Morgan fingerprint density at radius 1 is 1.41 bits per heavy atom. The Hall–Kier alpha value is -1.58. The van der Waals surface area contributed by atoms with Gasteiger partial charge in [-0.3, -0.25) is 0 Å². The molecule has 0 atom stereocenters. The fourth-order valence-corrected chi connectivity index (χ4v) is 1.54. The molecule has 0 aliphatic rings. The largest absolute Gasteiger partial charge is 0.477 e. The summed E-state index contributed by atoms with van der Waals surface area (Å²) < 4.78 is 5.52. The van der Waals surface area contributed by atoms with E-state index in [4.69, 9.17) is 9.84 Å². The van der Waals surface area contributed by atoms with Gasteiger partial charge in [0.05, 0.1) is 6.61 Å². The maximum atomic E-state index is 10.9. The van der Waals surface area contributed by atoms with E-state index in [2.05, 4.69) is 18.8 Å². The minimum absolute atomic E-state index is 0.0621. The highest BCUT2D eigenvalue weighted by atomic mass is 16.5. The molecule has 1 rings (SSSR count). The molecular weight excluding hydrogens is 218 g/mol. The maximum absolute atomic E-state index is 10.9. The van der Waals surface area contributed by atoms with Crippen LogP contribution >= 0.6 is 0 Å². The lowest BCUT2D eigenvalue weighted by Crippen LogP contribution is -2.12. The molecule has 1 N–H and O–H groups in total. The number of carbonyl (C=O) groups is 1. The maximum Gasteiger partial charge on any atom is 0.354 e. The number of aromatic carboxylic acids is 1. The molecule has 1 aromatic heterocycles. The first-order valence-corrected chi connectivity index (χ1v) is 5.92. The van der Waals surface area contributed by atoms with E-state index in [0.717, 1.165) is 12.8 Å². The van der Waals surface area contributed by atoms with Gasteiger partial charge in [0, 0.05) is 6.07 Å². The molecule has 0 aromatic carbocycles. The molecular formula is C13H19NO3. The van der Waals surface area contributed by atoms with Gasteiger partial charge in [-0.05, 0) is 18.4 Å². The Balaban J connectivity index is 2.72. The summed E-state index contributed by atoms with van der Waals surface area (Å²) in [6, 6.07) is 3.43. The molecule has 0 saturated heterocycles. The predicted molar refractivity (Wildman–Crippen MR) is 65.5 cm³/mol. The third-order valence-corrected chi connectivity index (χ3v) is 2.90. The van der Waals surface area contributed by atoms with Crippen molar-refractivity contribution in [2.24, 2.45) is 5.92 Å². The number of rotatable bonds is 6. The number of aromatic nitrogens is 1. The van der Waals surface area contributed by atoms with E-state index in [0.29, 0.717) is 24.0 Å². The molecule has 1 aromatic rings. The number of carboxylic acid groups (broad SMARTS) is 1. The number of aryl methyl sites for hydroxylation is 1. The zero-order chi connectivity index (χ0) is 12.8. The van der Waals surface area contributed by atoms with Crippen LogP contribution in [-0.2, 0) is 0 Å². The molecule has 0 radical (unpaired) electrons. The number of pyridine rings is 1. The van der Waals surface area contributed by atoms with E-state index >= 15 is 0 Å². The normalized spacial score (nSPS) is 10.6. The summed E-state index contributed by atoms with van der Waals surface area (Å²) in [5.41, 5.74) is 0.708. The van der Waals surface area contributed by atoms with Crippen molar-refractivity contribution in [3.8, 4) is 5.88 Å². The van der Waals surface area contributed by atoms with Crippen molar-refractivity contribution >= 4 is 5.97 Å². The quantitative estimate of drug-likeness (QED) is 0.826. The Morgan fingerprint density at radius 2 is 2.06 bits per heavy atom. The summed E-state index contributed by atoms with van der Waals surface area (Å²) in [4.78, 5) is 14.9. The Morgan fingerprint density at radius 3 is 2.59 bits per heavy atom. The molecule has 0 unspecified atom stereocenters. The van der Waals surface area contributed by atoms with Gasteiger partial charge in [-0.1, -0.05) is 32.8 Å². The third kappa shape index (κ3) is 3.73. The van der Waals surface area contributed by atoms with Crippen LogP contribution < -0.4 is 4.74 Å². The van der Waals surface area contributed by atoms with Crippen molar-refractivity contribution < 1.29 is 14.6 Å². The Labute approximate surface area is 102 Å². The van der Waals surface area contributed by atoms with Crippen LogP contribution in [0.25, 0.3) is 0 Å². The second-order valence-corrected chi connectivity index (χ2v) is 4.11. The summed E-state index contributed by atoms with van der Waals surface area (Å²) in [7, 11) is 0. The molecule has 94 valence electrons. The zero-order valence-corrected chi connectivity index (χ0v) is 10.6. The van der Waals surface area contributed by atoms with Crippen LogP contribution in [0.3, 0.4) is 0 Å². The summed E-state index contributed by atoms with van der Waals surface area (Å²) >= 11 is 0. The van der Waals surface area contributed by atoms with Gasteiger partial charge in [0.1, 0.15) is 0 Å². The van der Waals surface area contributed by atoms with Gasteiger partial charge in [-0.2, -0.15) is 0 Å². The van der Waals surface area contributed by atoms with E-state index in [1.165, 1.54) is 0 Å². The van der Waals surface area contributed by atoms with Crippen LogP contribution in [-0.4, -0.2) is 22.7 Å². The Kier molecular flexibility index (Phi) is 4.94. The molecule has 0 saturated carbocycles. The lowest BCUT2D eigenvalue weighted by Gasteiger charge is -2.13. The number of hydrogen-bond acceptors (Lipinski definition) is 3. The minimum atomic E-state index is -1.02. The van der Waals surface area contributed by atoms with Gasteiger partial charge >= 0.3 is 5.97 Å². The highest BCUT2D eigenvalue weighted by molar-refractivity contribution is 5.87. The predicted octanol–water partition coefficient (Wildman–Crippen LogP) is 2.90. The monoisotopic (exact) mass is 237 g/mol. The zero-order valence-electron chi connectivity index (χ0n) is 10.6. The fourth-order valence-electron chi connectivity index (χ4n) is 1.54. The topological polar surface area (TPSA) is 59.4 Å². The highest BCUT2D eigenvalue weighted by Gasteiger charge is 2.11. The van der Waals surface area contributed by atoms with Crippen LogP contribution in [0.1, 0.15) is 42.7 Å². The van der Waals surface area contributed by atoms with Crippen LogP contribution in [0.4, 0.5) is 0 Å². The molecule has 0 aliphatic carbocycles. The molecule has 17 heavy (non-hydrogen) atoms.